The van der Waals surface area contributed by atoms with Crippen molar-refractivity contribution in [3.63, 3.8) is 0 Å². The fourth-order valence-corrected chi connectivity index (χ4v) is 2.39. The van der Waals surface area contributed by atoms with Crippen LogP contribution in [0.15, 0.2) is 30.6 Å². The molecule has 1 aromatic carbocycles. The van der Waals surface area contributed by atoms with Crippen LogP contribution in [-0.2, 0) is 6.54 Å². The Morgan fingerprint density at radius 2 is 1.83 bits per heavy atom. The minimum Gasteiger partial charge on any atom is -0.331 e. The van der Waals surface area contributed by atoms with Crippen molar-refractivity contribution in [1.82, 2.24) is 9.55 Å². The van der Waals surface area contributed by atoms with Crippen molar-refractivity contribution in [2.75, 3.05) is 6.54 Å². The fourth-order valence-electron chi connectivity index (χ4n) is 1.86. The molecule has 0 aliphatic rings. The van der Waals surface area contributed by atoms with Crippen molar-refractivity contribution in [3.05, 3.63) is 40.6 Å². The summed E-state index contributed by atoms with van der Waals surface area (Å²) in [5.41, 5.74) is 6.43. The number of hydrogen-bond donors (Lipinski definition) is 1. The van der Waals surface area contributed by atoms with Crippen LogP contribution in [0.5, 0.6) is 0 Å². The average Bonchev–Trinajstić information content (AvgIpc) is 2.76. The quantitative estimate of drug-likeness (QED) is 0.852. The zero-order chi connectivity index (χ0) is 13.0. The number of halogens is 2. The summed E-state index contributed by atoms with van der Waals surface area (Å²) in [6.07, 6.45) is 5.79. The zero-order valence-corrected chi connectivity index (χ0v) is 11.5. The molecule has 1 aromatic heterocycles. The molecule has 0 fully saturated rings. The van der Waals surface area contributed by atoms with Crippen LogP contribution >= 0.6 is 23.2 Å². The van der Waals surface area contributed by atoms with Crippen molar-refractivity contribution in [2.24, 2.45) is 5.73 Å². The van der Waals surface area contributed by atoms with Gasteiger partial charge < -0.3 is 10.3 Å². The maximum absolute atomic E-state index is 6.01. The first-order valence-electron chi connectivity index (χ1n) is 5.88. The van der Waals surface area contributed by atoms with Gasteiger partial charge in [-0.1, -0.05) is 23.2 Å². The van der Waals surface area contributed by atoms with Gasteiger partial charge in [0.2, 0.25) is 0 Å². The predicted molar refractivity (Wildman–Crippen MR) is 76.0 cm³/mol. The van der Waals surface area contributed by atoms with Gasteiger partial charge in [-0.15, -0.1) is 0 Å². The van der Waals surface area contributed by atoms with Gasteiger partial charge in [0.05, 0.1) is 0 Å². The number of unbranched alkanes of at least 4 members (excludes halogenated alkanes) is 1. The maximum atomic E-state index is 6.01. The first-order valence-corrected chi connectivity index (χ1v) is 6.64. The molecule has 0 amide bonds. The summed E-state index contributed by atoms with van der Waals surface area (Å²) in [6, 6.07) is 5.46. The van der Waals surface area contributed by atoms with Crippen LogP contribution in [0.1, 0.15) is 12.8 Å². The van der Waals surface area contributed by atoms with Gasteiger partial charge in [-0.2, -0.15) is 0 Å². The van der Waals surface area contributed by atoms with Gasteiger partial charge in [-0.3, -0.25) is 0 Å². The number of hydrogen-bond acceptors (Lipinski definition) is 2. The SMILES string of the molecule is NCCCCn1ccnc1-c1cc(Cl)cc(Cl)c1. The molecule has 0 unspecified atom stereocenters. The molecule has 0 saturated heterocycles. The Kier molecular flexibility index (Phi) is 4.64. The monoisotopic (exact) mass is 283 g/mol. The van der Waals surface area contributed by atoms with Crippen LogP contribution in [0.3, 0.4) is 0 Å². The van der Waals surface area contributed by atoms with Crippen LogP contribution in [0, 0.1) is 0 Å². The second kappa shape index (κ2) is 6.23. The van der Waals surface area contributed by atoms with E-state index in [4.69, 9.17) is 28.9 Å². The topological polar surface area (TPSA) is 43.8 Å². The molecule has 2 aromatic rings. The van der Waals surface area contributed by atoms with E-state index in [-0.39, 0.29) is 0 Å². The molecule has 18 heavy (non-hydrogen) atoms. The summed E-state index contributed by atoms with van der Waals surface area (Å²) in [7, 11) is 0. The minimum absolute atomic E-state index is 0.619. The largest absolute Gasteiger partial charge is 0.331 e. The van der Waals surface area contributed by atoms with Crippen molar-refractivity contribution in [3.8, 4) is 11.4 Å². The van der Waals surface area contributed by atoms with Crippen LogP contribution in [0.2, 0.25) is 10.0 Å². The van der Waals surface area contributed by atoms with Crippen LogP contribution in [0.25, 0.3) is 11.4 Å². The normalized spacial score (nSPS) is 10.8. The molecule has 5 heteroatoms. The molecular weight excluding hydrogens is 269 g/mol. The highest BCUT2D eigenvalue weighted by Crippen LogP contribution is 2.26. The number of rotatable bonds is 5. The summed E-state index contributed by atoms with van der Waals surface area (Å²) in [5, 5.41) is 1.24. The molecule has 0 spiro atoms. The van der Waals surface area contributed by atoms with E-state index in [1.807, 2.05) is 18.3 Å². The Morgan fingerprint density at radius 3 is 2.50 bits per heavy atom. The summed E-state index contributed by atoms with van der Waals surface area (Å²) in [4.78, 5) is 4.36. The molecule has 0 aliphatic carbocycles. The Bertz CT molecular complexity index is 502. The van der Waals surface area contributed by atoms with Crippen molar-refractivity contribution in [2.45, 2.75) is 19.4 Å². The molecule has 2 rings (SSSR count). The Morgan fingerprint density at radius 1 is 1.11 bits per heavy atom. The number of nitrogens with zero attached hydrogens (tertiary/aromatic N) is 2. The third-order valence-electron chi connectivity index (χ3n) is 2.69. The first-order chi connectivity index (χ1) is 8.70. The number of imidazole rings is 1. The van der Waals surface area contributed by atoms with E-state index < -0.39 is 0 Å². The summed E-state index contributed by atoms with van der Waals surface area (Å²) >= 11 is 12.0. The highest BCUT2D eigenvalue weighted by molar-refractivity contribution is 6.35. The third kappa shape index (κ3) is 3.25. The van der Waals surface area contributed by atoms with Gasteiger partial charge in [0, 0.05) is 34.5 Å². The Labute approximate surface area is 117 Å². The van der Waals surface area contributed by atoms with E-state index in [0.29, 0.717) is 16.6 Å². The standard InChI is InChI=1S/C13H15Cl2N3/c14-11-7-10(8-12(15)9-11)13-17-4-6-18(13)5-2-1-3-16/h4,6-9H,1-3,5,16H2. The van der Waals surface area contributed by atoms with E-state index in [0.717, 1.165) is 30.8 Å². The number of benzene rings is 1. The van der Waals surface area contributed by atoms with Crippen LogP contribution in [0.4, 0.5) is 0 Å². The van der Waals surface area contributed by atoms with E-state index in [1.54, 1.807) is 12.3 Å². The van der Waals surface area contributed by atoms with E-state index in [1.165, 1.54) is 0 Å². The van der Waals surface area contributed by atoms with Gasteiger partial charge in [-0.05, 0) is 37.6 Å². The van der Waals surface area contributed by atoms with Gasteiger partial charge >= 0.3 is 0 Å². The Hall–Kier alpha value is -1.03. The van der Waals surface area contributed by atoms with Gasteiger partial charge in [0.15, 0.2) is 0 Å². The molecule has 3 nitrogen and oxygen atoms in total. The zero-order valence-electron chi connectivity index (χ0n) is 9.94. The second-order valence-electron chi connectivity index (χ2n) is 4.10. The van der Waals surface area contributed by atoms with E-state index >= 15 is 0 Å². The van der Waals surface area contributed by atoms with Crippen molar-refractivity contribution in [1.29, 1.82) is 0 Å². The second-order valence-corrected chi connectivity index (χ2v) is 4.97. The number of nitrogens with two attached hydrogens (primary N) is 1. The lowest BCUT2D eigenvalue weighted by atomic mass is 10.2. The summed E-state index contributed by atoms with van der Waals surface area (Å²) < 4.78 is 2.09. The molecule has 96 valence electrons. The lowest BCUT2D eigenvalue weighted by Gasteiger charge is -2.08. The van der Waals surface area contributed by atoms with Gasteiger partial charge in [0.1, 0.15) is 5.82 Å². The smallest absolute Gasteiger partial charge is 0.139 e. The lowest BCUT2D eigenvalue weighted by Crippen LogP contribution is -2.04. The number of aromatic nitrogens is 2. The highest BCUT2D eigenvalue weighted by atomic mass is 35.5. The van der Waals surface area contributed by atoms with Gasteiger partial charge in [0.25, 0.3) is 0 Å². The average molecular weight is 284 g/mol. The van der Waals surface area contributed by atoms with E-state index in [9.17, 15) is 0 Å². The Balaban J connectivity index is 2.24. The van der Waals surface area contributed by atoms with Gasteiger partial charge in [-0.25, -0.2) is 4.98 Å². The first kappa shape index (κ1) is 13.4. The third-order valence-corrected chi connectivity index (χ3v) is 3.13. The highest BCUT2D eigenvalue weighted by Gasteiger charge is 2.07. The molecule has 0 radical (unpaired) electrons. The fraction of sp³-hybridized carbons (Fsp3) is 0.308. The molecule has 0 saturated carbocycles. The lowest BCUT2D eigenvalue weighted by molar-refractivity contribution is 0.619. The molecule has 0 aliphatic heterocycles. The maximum Gasteiger partial charge on any atom is 0.139 e. The summed E-state index contributed by atoms with van der Waals surface area (Å²) in [5.74, 6) is 0.886. The van der Waals surface area contributed by atoms with Crippen LogP contribution < -0.4 is 5.73 Å². The number of aryl methyl sites for hydroxylation is 1. The summed E-state index contributed by atoms with van der Waals surface area (Å²) in [6.45, 7) is 1.61. The predicted octanol–water partition coefficient (Wildman–Crippen LogP) is 3.60. The van der Waals surface area contributed by atoms with Crippen LogP contribution in [-0.4, -0.2) is 16.1 Å². The van der Waals surface area contributed by atoms with E-state index in [2.05, 4.69) is 9.55 Å². The molecular formula is C13H15Cl2N3. The molecule has 2 N–H and O–H groups in total. The minimum atomic E-state index is 0.619. The van der Waals surface area contributed by atoms with Crippen molar-refractivity contribution >= 4 is 23.2 Å². The molecule has 0 atom stereocenters. The molecule has 0 bridgehead atoms. The molecule has 1 heterocycles. The van der Waals surface area contributed by atoms with Crippen molar-refractivity contribution < 1.29 is 0 Å².